The van der Waals surface area contributed by atoms with Crippen molar-refractivity contribution in [3.63, 3.8) is 0 Å². The minimum absolute atomic E-state index is 0.155. The summed E-state index contributed by atoms with van der Waals surface area (Å²) in [6, 6.07) is 6.26. The van der Waals surface area contributed by atoms with E-state index < -0.39 is 5.54 Å². The van der Waals surface area contributed by atoms with Gasteiger partial charge in [-0.1, -0.05) is 17.7 Å². The number of likely N-dealkylation sites (N-methyl/N-ethyl adjacent to an activating group) is 1. The zero-order chi connectivity index (χ0) is 14.2. The summed E-state index contributed by atoms with van der Waals surface area (Å²) >= 11 is 0. The molecule has 0 bridgehead atoms. The maximum Gasteiger partial charge on any atom is 0.247 e. The number of nitrogens with two attached hydrogens (primary N) is 1. The van der Waals surface area contributed by atoms with Gasteiger partial charge in [0.25, 0.3) is 0 Å². The lowest BCUT2D eigenvalue weighted by Crippen LogP contribution is -2.62. The molecule has 0 unspecified atom stereocenters. The van der Waals surface area contributed by atoms with E-state index in [1.54, 1.807) is 4.90 Å². The zero-order valence-corrected chi connectivity index (χ0v) is 12.2. The van der Waals surface area contributed by atoms with Crippen LogP contribution in [0.1, 0.15) is 25.0 Å². The molecule has 1 amide bonds. The van der Waals surface area contributed by atoms with Crippen LogP contribution in [0.3, 0.4) is 0 Å². The van der Waals surface area contributed by atoms with Gasteiger partial charge in [-0.05, 0) is 32.4 Å². The Morgan fingerprint density at radius 3 is 2.63 bits per heavy atom. The number of hydrogen-bond donors (Lipinski definition) is 1. The van der Waals surface area contributed by atoms with Crippen molar-refractivity contribution in [1.82, 2.24) is 4.90 Å². The fourth-order valence-electron chi connectivity index (χ4n) is 2.78. The molecule has 1 fully saturated rings. The van der Waals surface area contributed by atoms with Gasteiger partial charge in [0, 0.05) is 32.4 Å². The molecule has 2 N–H and O–H groups in total. The molecule has 4 heteroatoms. The van der Waals surface area contributed by atoms with Gasteiger partial charge in [-0.25, -0.2) is 0 Å². The average molecular weight is 261 g/mol. The second-order valence-electron chi connectivity index (χ2n) is 5.77. The number of carbonyl (C=O) groups excluding carboxylic acids is 1. The minimum Gasteiger partial charge on any atom is -0.355 e. The molecule has 1 saturated heterocycles. The molecule has 1 aliphatic rings. The van der Waals surface area contributed by atoms with Crippen LogP contribution >= 0.6 is 0 Å². The van der Waals surface area contributed by atoms with Gasteiger partial charge in [0.1, 0.15) is 5.54 Å². The van der Waals surface area contributed by atoms with Crippen LogP contribution in [0.25, 0.3) is 0 Å². The largest absolute Gasteiger partial charge is 0.355 e. The summed E-state index contributed by atoms with van der Waals surface area (Å²) in [6.45, 7) is 8.10. The molecule has 1 heterocycles. The van der Waals surface area contributed by atoms with Gasteiger partial charge in [0.05, 0.1) is 0 Å². The number of rotatable bonds is 2. The average Bonchev–Trinajstić information content (AvgIpc) is 2.37. The fraction of sp³-hybridized carbons (Fsp3) is 0.533. The predicted molar refractivity (Wildman–Crippen MR) is 78.1 cm³/mol. The Hall–Kier alpha value is -1.55. The van der Waals surface area contributed by atoms with Crippen LogP contribution in [0, 0.1) is 6.92 Å². The molecular weight excluding hydrogens is 238 g/mol. The summed E-state index contributed by atoms with van der Waals surface area (Å²) < 4.78 is 0. The van der Waals surface area contributed by atoms with Crippen molar-refractivity contribution in [2.24, 2.45) is 5.73 Å². The normalized spacial score (nSPS) is 18.9. The van der Waals surface area contributed by atoms with E-state index in [1.165, 1.54) is 5.56 Å². The van der Waals surface area contributed by atoms with E-state index in [-0.39, 0.29) is 5.91 Å². The van der Waals surface area contributed by atoms with E-state index in [1.807, 2.05) is 20.9 Å². The summed E-state index contributed by atoms with van der Waals surface area (Å²) in [4.78, 5) is 16.3. The Balaban J connectivity index is 2.44. The van der Waals surface area contributed by atoms with Crippen LogP contribution in [0.4, 0.5) is 5.69 Å². The van der Waals surface area contributed by atoms with Crippen molar-refractivity contribution in [3.05, 3.63) is 29.3 Å². The Labute approximate surface area is 115 Å². The highest BCUT2D eigenvalue weighted by Crippen LogP contribution is 2.31. The second-order valence-corrected chi connectivity index (χ2v) is 5.77. The molecule has 4 nitrogen and oxygen atoms in total. The van der Waals surface area contributed by atoms with Gasteiger partial charge in [-0.2, -0.15) is 0 Å². The Morgan fingerprint density at radius 2 is 2.00 bits per heavy atom. The predicted octanol–water partition coefficient (Wildman–Crippen LogP) is 1.51. The van der Waals surface area contributed by atoms with Crippen molar-refractivity contribution in [3.8, 4) is 0 Å². The standard InChI is InChI=1S/C15H23N3O/c1-11-5-6-13(12(9-11)10-16)18-8-7-17(4)14(19)15(18,2)3/h5-6,9H,7-8,10,16H2,1-4H3. The molecule has 2 rings (SSSR count). The van der Waals surface area contributed by atoms with Crippen LogP contribution in [-0.2, 0) is 11.3 Å². The van der Waals surface area contributed by atoms with Crippen LogP contribution in [-0.4, -0.2) is 36.5 Å². The lowest BCUT2D eigenvalue weighted by atomic mass is 9.95. The van der Waals surface area contributed by atoms with E-state index in [0.717, 1.165) is 24.3 Å². The summed E-state index contributed by atoms with van der Waals surface area (Å²) in [5.74, 6) is 0.155. The smallest absolute Gasteiger partial charge is 0.247 e. The van der Waals surface area contributed by atoms with Gasteiger partial charge in [-0.3, -0.25) is 4.79 Å². The maximum absolute atomic E-state index is 12.4. The number of carbonyl (C=O) groups is 1. The number of aryl methyl sites for hydroxylation is 1. The van der Waals surface area contributed by atoms with E-state index in [0.29, 0.717) is 6.54 Å². The van der Waals surface area contributed by atoms with Crippen LogP contribution in [0.2, 0.25) is 0 Å². The van der Waals surface area contributed by atoms with Crippen molar-refractivity contribution in [1.29, 1.82) is 0 Å². The lowest BCUT2D eigenvalue weighted by molar-refractivity contribution is -0.136. The van der Waals surface area contributed by atoms with Gasteiger partial charge < -0.3 is 15.5 Å². The molecule has 1 aromatic carbocycles. The number of hydrogen-bond acceptors (Lipinski definition) is 3. The molecule has 0 aromatic heterocycles. The third-order valence-corrected chi connectivity index (χ3v) is 3.95. The first-order valence-corrected chi connectivity index (χ1v) is 6.70. The highest BCUT2D eigenvalue weighted by Gasteiger charge is 2.41. The van der Waals surface area contributed by atoms with E-state index in [9.17, 15) is 4.79 Å². The first-order valence-electron chi connectivity index (χ1n) is 6.70. The second kappa shape index (κ2) is 4.85. The number of amides is 1. The van der Waals surface area contributed by atoms with Gasteiger partial charge in [-0.15, -0.1) is 0 Å². The molecule has 104 valence electrons. The number of nitrogens with zero attached hydrogens (tertiary/aromatic N) is 2. The minimum atomic E-state index is -0.522. The Kier molecular flexibility index (Phi) is 3.54. The van der Waals surface area contributed by atoms with Gasteiger partial charge in [0.2, 0.25) is 5.91 Å². The number of benzene rings is 1. The van der Waals surface area contributed by atoms with Crippen LogP contribution < -0.4 is 10.6 Å². The highest BCUT2D eigenvalue weighted by molar-refractivity contribution is 5.90. The summed E-state index contributed by atoms with van der Waals surface area (Å²) in [7, 11) is 1.86. The topological polar surface area (TPSA) is 49.6 Å². The van der Waals surface area contributed by atoms with Crippen molar-refractivity contribution < 1.29 is 4.79 Å². The summed E-state index contributed by atoms with van der Waals surface area (Å²) in [6.07, 6.45) is 0. The monoisotopic (exact) mass is 261 g/mol. The van der Waals surface area contributed by atoms with Crippen LogP contribution in [0.5, 0.6) is 0 Å². The van der Waals surface area contributed by atoms with E-state index >= 15 is 0 Å². The van der Waals surface area contributed by atoms with Crippen molar-refractivity contribution in [2.75, 3.05) is 25.0 Å². The first kappa shape index (κ1) is 13.9. The zero-order valence-electron chi connectivity index (χ0n) is 12.2. The molecule has 19 heavy (non-hydrogen) atoms. The Morgan fingerprint density at radius 1 is 1.32 bits per heavy atom. The Bertz CT molecular complexity index is 496. The van der Waals surface area contributed by atoms with E-state index in [2.05, 4.69) is 30.0 Å². The first-order chi connectivity index (χ1) is 8.87. The molecular formula is C15H23N3O. The molecule has 1 aliphatic heterocycles. The van der Waals surface area contributed by atoms with Crippen molar-refractivity contribution in [2.45, 2.75) is 32.9 Å². The number of piperazine rings is 1. The quantitative estimate of drug-likeness (QED) is 0.878. The maximum atomic E-state index is 12.4. The molecule has 0 atom stereocenters. The molecule has 0 saturated carbocycles. The molecule has 0 spiro atoms. The van der Waals surface area contributed by atoms with Crippen LogP contribution in [0.15, 0.2) is 18.2 Å². The third-order valence-electron chi connectivity index (χ3n) is 3.95. The SMILES string of the molecule is Cc1ccc(N2CCN(C)C(=O)C2(C)C)c(CN)c1. The van der Waals surface area contributed by atoms with Gasteiger partial charge in [0.15, 0.2) is 0 Å². The highest BCUT2D eigenvalue weighted by atomic mass is 16.2. The molecule has 0 radical (unpaired) electrons. The van der Waals surface area contributed by atoms with Gasteiger partial charge >= 0.3 is 0 Å². The van der Waals surface area contributed by atoms with E-state index in [4.69, 9.17) is 5.73 Å². The molecule has 1 aromatic rings. The fourth-order valence-corrected chi connectivity index (χ4v) is 2.78. The van der Waals surface area contributed by atoms with Crippen molar-refractivity contribution >= 4 is 11.6 Å². The summed E-state index contributed by atoms with van der Waals surface area (Å²) in [5, 5.41) is 0. The summed E-state index contributed by atoms with van der Waals surface area (Å²) in [5.41, 5.74) is 8.71. The third kappa shape index (κ3) is 2.32. The lowest BCUT2D eigenvalue weighted by Gasteiger charge is -2.46. The number of anilines is 1. The molecule has 0 aliphatic carbocycles.